The fourth-order valence-corrected chi connectivity index (χ4v) is 2.54. The highest BCUT2D eigenvalue weighted by Crippen LogP contribution is 2.22. The fourth-order valence-electron chi connectivity index (χ4n) is 2.28. The molecule has 3 aromatic rings. The molecule has 5 nitrogen and oxygen atoms in total. The minimum atomic E-state index is 0.522. The maximum Gasteiger partial charge on any atom is 0.202 e. The lowest BCUT2D eigenvalue weighted by atomic mass is 10.2. The predicted molar refractivity (Wildman–Crippen MR) is 78.9 cm³/mol. The van der Waals surface area contributed by atoms with Crippen molar-refractivity contribution in [1.29, 1.82) is 0 Å². The molecule has 0 amide bonds. The summed E-state index contributed by atoms with van der Waals surface area (Å²) in [7, 11) is 1.91. The fraction of sp³-hybridized carbons (Fsp3) is 0.231. The smallest absolute Gasteiger partial charge is 0.202 e. The molecule has 0 aliphatic rings. The second-order valence-corrected chi connectivity index (χ2v) is 5.48. The number of halogens is 1. The Bertz CT molecular complexity index is 739. The van der Waals surface area contributed by atoms with Gasteiger partial charge < -0.3 is 5.73 Å². The highest BCUT2D eigenvalue weighted by Gasteiger charge is 2.15. The van der Waals surface area contributed by atoms with Gasteiger partial charge in [0.1, 0.15) is 5.52 Å². The number of hydrogen-bond donors (Lipinski definition) is 1. The third kappa shape index (κ3) is 2.02. The van der Waals surface area contributed by atoms with Crippen LogP contribution in [0, 0.1) is 6.92 Å². The van der Waals surface area contributed by atoms with Crippen LogP contribution in [-0.2, 0) is 13.6 Å². The Morgan fingerprint density at radius 1 is 1.26 bits per heavy atom. The van der Waals surface area contributed by atoms with Gasteiger partial charge in [-0.05, 0) is 24.6 Å². The van der Waals surface area contributed by atoms with E-state index in [2.05, 4.69) is 38.1 Å². The van der Waals surface area contributed by atoms with Crippen molar-refractivity contribution >= 4 is 33.0 Å². The van der Waals surface area contributed by atoms with Gasteiger partial charge >= 0.3 is 0 Å². The number of nitrogens with two attached hydrogens (primary N) is 1. The molecule has 98 valence electrons. The molecular formula is C13H14BrN5. The number of aryl methyl sites for hydroxylation is 2. The molecule has 3 rings (SSSR count). The van der Waals surface area contributed by atoms with Crippen molar-refractivity contribution in [2.45, 2.75) is 13.5 Å². The number of hydrogen-bond acceptors (Lipinski definition) is 3. The number of rotatable bonds is 2. The predicted octanol–water partition coefficient (Wildman–Crippen LogP) is 2.47. The van der Waals surface area contributed by atoms with E-state index in [0.29, 0.717) is 12.5 Å². The van der Waals surface area contributed by atoms with Gasteiger partial charge in [-0.25, -0.2) is 4.98 Å². The summed E-state index contributed by atoms with van der Waals surface area (Å²) in [4.78, 5) is 4.40. The van der Waals surface area contributed by atoms with E-state index < -0.39 is 0 Å². The standard InChI is InChI=1S/C13H14BrN5/c1-8-11-12(18(2)17-8)19(13(15)16-11)7-9-3-5-10(14)6-4-9/h3-6H,7H2,1-2H3,(H2,15,16). The van der Waals surface area contributed by atoms with Crippen LogP contribution in [0.1, 0.15) is 11.3 Å². The Labute approximate surface area is 119 Å². The molecule has 0 atom stereocenters. The molecule has 0 fully saturated rings. The summed E-state index contributed by atoms with van der Waals surface area (Å²) in [6, 6.07) is 8.18. The number of nitrogen functional groups attached to an aromatic ring is 1. The number of nitrogens with zero attached hydrogens (tertiary/aromatic N) is 4. The Kier molecular flexibility index (Phi) is 2.82. The van der Waals surface area contributed by atoms with E-state index in [1.807, 2.05) is 35.4 Å². The van der Waals surface area contributed by atoms with Gasteiger partial charge in [0.25, 0.3) is 0 Å². The zero-order valence-corrected chi connectivity index (χ0v) is 12.3. The second-order valence-electron chi connectivity index (χ2n) is 4.56. The molecule has 1 aromatic carbocycles. The van der Waals surface area contributed by atoms with Gasteiger partial charge in [0.2, 0.25) is 5.95 Å². The lowest BCUT2D eigenvalue weighted by Crippen LogP contribution is -2.07. The van der Waals surface area contributed by atoms with E-state index >= 15 is 0 Å². The van der Waals surface area contributed by atoms with Crippen molar-refractivity contribution in [3.63, 3.8) is 0 Å². The largest absolute Gasteiger partial charge is 0.369 e. The van der Waals surface area contributed by atoms with Gasteiger partial charge in [0.15, 0.2) is 5.65 Å². The van der Waals surface area contributed by atoms with Gasteiger partial charge in [0.05, 0.1) is 12.2 Å². The SMILES string of the molecule is Cc1nn(C)c2c1nc(N)n2Cc1ccc(Br)cc1. The van der Waals surface area contributed by atoms with E-state index in [1.165, 1.54) is 5.56 Å². The van der Waals surface area contributed by atoms with E-state index in [0.717, 1.165) is 21.3 Å². The van der Waals surface area contributed by atoms with Crippen LogP contribution in [0.15, 0.2) is 28.7 Å². The normalized spacial score (nSPS) is 11.3. The van der Waals surface area contributed by atoms with E-state index in [1.54, 1.807) is 0 Å². The van der Waals surface area contributed by atoms with Gasteiger partial charge in [-0.3, -0.25) is 9.25 Å². The van der Waals surface area contributed by atoms with Crippen molar-refractivity contribution in [1.82, 2.24) is 19.3 Å². The third-order valence-electron chi connectivity index (χ3n) is 3.17. The highest BCUT2D eigenvalue weighted by atomic mass is 79.9. The zero-order chi connectivity index (χ0) is 13.6. The Balaban J connectivity index is 2.09. The molecule has 0 saturated carbocycles. The van der Waals surface area contributed by atoms with Crippen LogP contribution in [0.2, 0.25) is 0 Å². The van der Waals surface area contributed by atoms with Crippen molar-refractivity contribution in [2.75, 3.05) is 5.73 Å². The van der Waals surface area contributed by atoms with Crippen molar-refractivity contribution in [3.05, 3.63) is 40.0 Å². The van der Waals surface area contributed by atoms with Crippen molar-refractivity contribution in [3.8, 4) is 0 Å². The Morgan fingerprint density at radius 3 is 2.63 bits per heavy atom. The van der Waals surface area contributed by atoms with Crippen molar-refractivity contribution in [2.24, 2.45) is 7.05 Å². The molecule has 0 saturated heterocycles. The lowest BCUT2D eigenvalue weighted by Gasteiger charge is -2.07. The molecule has 2 heterocycles. The average molecular weight is 320 g/mol. The first-order chi connectivity index (χ1) is 9.06. The lowest BCUT2D eigenvalue weighted by molar-refractivity contribution is 0.726. The van der Waals surface area contributed by atoms with Crippen LogP contribution in [0.5, 0.6) is 0 Å². The van der Waals surface area contributed by atoms with Crippen LogP contribution in [0.25, 0.3) is 11.2 Å². The summed E-state index contributed by atoms with van der Waals surface area (Å²) < 4.78 is 4.88. The number of aromatic nitrogens is 4. The number of imidazole rings is 1. The molecule has 19 heavy (non-hydrogen) atoms. The summed E-state index contributed by atoms with van der Waals surface area (Å²) >= 11 is 3.43. The quantitative estimate of drug-likeness (QED) is 0.789. The topological polar surface area (TPSA) is 61.7 Å². The second kappa shape index (κ2) is 4.38. The Morgan fingerprint density at radius 2 is 1.95 bits per heavy atom. The van der Waals surface area contributed by atoms with Gasteiger partial charge in [-0.1, -0.05) is 28.1 Å². The van der Waals surface area contributed by atoms with Gasteiger partial charge in [-0.2, -0.15) is 5.10 Å². The van der Waals surface area contributed by atoms with E-state index in [9.17, 15) is 0 Å². The van der Waals surface area contributed by atoms with Crippen molar-refractivity contribution < 1.29 is 0 Å². The Hall–Kier alpha value is -1.82. The summed E-state index contributed by atoms with van der Waals surface area (Å²) in [5.41, 5.74) is 9.92. The molecule has 0 unspecified atom stereocenters. The molecule has 0 spiro atoms. The summed E-state index contributed by atoms with van der Waals surface area (Å²) in [5, 5.41) is 4.38. The monoisotopic (exact) mass is 319 g/mol. The maximum atomic E-state index is 6.01. The molecular weight excluding hydrogens is 306 g/mol. The minimum absolute atomic E-state index is 0.522. The minimum Gasteiger partial charge on any atom is -0.369 e. The van der Waals surface area contributed by atoms with Gasteiger partial charge in [0, 0.05) is 11.5 Å². The molecule has 2 aromatic heterocycles. The van der Waals surface area contributed by atoms with Crippen LogP contribution in [0.4, 0.5) is 5.95 Å². The number of anilines is 1. The van der Waals surface area contributed by atoms with Gasteiger partial charge in [-0.15, -0.1) is 0 Å². The maximum absolute atomic E-state index is 6.01. The molecule has 0 radical (unpaired) electrons. The molecule has 2 N–H and O–H groups in total. The summed E-state index contributed by atoms with van der Waals surface area (Å²) in [5.74, 6) is 0.522. The first-order valence-corrected chi connectivity index (χ1v) is 6.75. The number of benzene rings is 1. The van der Waals surface area contributed by atoms with E-state index in [4.69, 9.17) is 5.73 Å². The number of fused-ring (bicyclic) bond motifs is 1. The zero-order valence-electron chi connectivity index (χ0n) is 10.8. The molecule has 0 bridgehead atoms. The average Bonchev–Trinajstić information content (AvgIpc) is 2.82. The molecule has 6 heteroatoms. The van der Waals surface area contributed by atoms with E-state index in [-0.39, 0.29) is 0 Å². The molecule has 0 aliphatic carbocycles. The van der Waals surface area contributed by atoms with Crippen LogP contribution in [-0.4, -0.2) is 19.3 Å². The highest BCUT2D eigenvalue weighted by molar-refractivity contribution is 9.10. The third-order valence-corrected chi connectivity index (χ3v) is 3.70. The van der Waals surface area contributed by atoms with Crippen LogP contribution < -0.4 is 5.73 Å². The first-order valence-electron chi connectivity index (χ1n) is 5.96. The van der Waals surface area contributed by atoms with Crippen LogP contribution >= 0.6 is 15.9 Å². The summed E-state index contributed by atoms with van der Waals surface area (Å²) in [6.45, 7) is 2.63. The molecule has 0 aliphatic heterocycles. The summed E-state index contributed by atoms with van der Waals surface area (Å²) in [6.07, 6.45) is 0. The van der Waals surface area contributed by atoms with Crippen LogP contribution in [0.3, 0.4) is 0 Å². The first kappa shape index (κ1) is 12.2.